The quantitative estimate of drug-likeness (QED) is 0.588. The van der Waals surface area contributed by atoms with E-state index in [4.69, 9.17) is 32.5 Å². The molecule has 0 N–H and O–H groups in total. The Bertz CT molecular complexity index is 924. The summed E-state index contributed by atoms with van der Waals surface area (Å²) in [6.45, 7) is 5.48. The minimum Gasteiger partial charge on any atom is -0.485 e. The highest BCUT2D eigenvalue weighted by Crippen LogP contribution is 2.25. The Morgan fingerprint density at radius 1 is 1.12 bits per heavy atom. The molecular formula is C18H16Cl2N2O3. The molecule has 0 unspecified atom stereocenters. The van der Waals surface area contributed by atoms with Crippen molar-refractivity contribution in [2.24, 2.45) is 0 Å². The van der Waals surface area contributed by atoms with Crippen LogP contribution in [0.4, 0.5) is 0 Å². The van der Waals surface area contributed by atoms with E-state index in [-0.39, 0.29) is 12.4 Å². The van der Waals surface area contributed by atoms with E-state index in [0.29, 0.717) is 32.9 Å². The van der Waals surface area contributed by atoms with Crippen LogP contribution in [0.3, 0.4) is 0 Å². The highest BCUT2D eigenvalue weighted by atomic mass is 35.5. The summed E-state index contributed by atoms with van der Waals surface area (Å²) in [5, 5.41) is 4.92. The van der Waals surface area contributed by atoms with Crippen molar-refractivity contribution in [3.05, 3.63) is 63.1 Å². The van der Waals surface area contributed by atoms with Crippen LogP contribution in [-0.2, 0) is 0 Å². The van der Waals surface area contributed by atoms with Gasteiger partial charge in [0.2, 0.25) is 5.78 Å². The van der Waals surface area contributed by atoms with E-state index < -0.39 is 0 Å². The largest absolute Gasteiger partial charge is 0.485 e. The fourth-order valence-electron chi connectivity index (χ4n) is 2.69. The molecule has 0 amide bonds. The SMILES string of the molecule is Cc1cc(-n2c(C)cc(C(=O)COc3cc(Cl)cc(Cl)c3)c2C)no1. The van der Waals surface area contributed by atoms with Crippen molar-refractivity contribution < 1.29 is 14.1 Å². The zero-order valence-electron chi connectivity index (χ0n) is 14.0. The highest BCUT2D eigenvalue weighted by molar-refractivity contribution is 6.34. The standard InChI is InChI=1S/C18H16Cl2N2O3/c1-10-4-16(12(3)22(10)18-5-11(2)25-21-18)17(23)9-24-15-7-13(19)6-14(20)8-15/h4-8H,9H2,1-3H3. The van der Waals surface area contributed by atoms with E-state index in [1.54, 1.807) is 18.2 Å². The predicted molar refractivity (Wildman–Crippen MR) is 96.3 cm³/mol. The first-order valence-corrected chi connectivity index (χ1v) is 8.35. The van der Waals surface area contributed by atoms with Gasteiger partial charge in [-0.15, -0.1) is 0 Å². The lowest BCUT2D eigenvalue weighted by molar-refractivity contribution is 0.0921. The number of halogens is 2. The average Bonchev–Trinajstić information content (AvgIpc) is 3.07. The second-order valence-corrected chi connectivity index (χ2v) is 6.61. The molecule has 25 heavy (non-hydrogen) atoms. The fourth-order valence-corrected chi connectivity index (χ4v) is 3.20. The summed E-state index contributed by atoms with van der Waals surface area (Å²) in [5.41, 5.74) is 2.25. The molecule has 2 heterocycles. The molecule has 3 aromatic rings. The number of benzene rings is 1. The lowest BCUT2D eigenvalue weighted by atomic mass is 10.1. The molecule has 0 aliphatic rings. The number of ether oxygens (including phenoxy) is 1. The van der Waals surface area contributed by atoms with Crippen LogP contribution in [0.5, 0.6) is 5.75 Å². The van der Waals surface area contributed by atoms with Gasteiger partial charge in [-0.25, -0.2) is 0 Å². The monoisotopic (exact) mass is 378 g/mol. The van der Waals surface area contributed by atoms with Gasteiger partial charge in [0, 0.05) is 33.1 Å². The summed E-state index contributed by atoms with van der Waals surface area (Å²) in [4.78, 5) is 12.6. The van der Waals surface area contributed by atoms with E-state index in [1.165, 1.54) is 0 Å². The van der Waals surface area contributed by atoms with Crippen molar-refractivity contribution in [1.29, 1.82) is 0 Å². The van der Waals surface area contributed by atoms with Gasteiger partial charge in [-0.3, -0.25) is 9.36 Å². The van der Waals surface area contributed by atoms with Gasteiger partial charge in [-0.05, 0) is 45.0 Å². The van der Waals surface area contributed by atoms with E-state index in [0.717, 1.165) is 11.4 Å². The van der Waals surface area contributed by atoms with Crippen molar-refractivity contribution in [3.63, 3.8) is 0 Å². The lowest BCUT2D eigenvalue weighted by Crippen LogP contribution is -2.12. The molecular weight excluding hydrogens is 363 g/mol. The third kappa shape index (κ3) is 3.72. The summed E-state index contributed by atoms with van der Waals surface area (Å²) < 4.78 is 12.5. The smallest absolute Gasteiger partial charge is 0.202 e. The van der Waals surface area contributed by atoms with Crippen LogP contribution >= 0.6 is 23.2 Å². The summed E-state index contributed by atoms with van der Waals surface area (Å²) in [6.07, 6.45) is 0. The van der Waals surface area contributed by atoms with Crippen LogP contribution in [0.25, 0.3) is 5.82 Å². The third-order valence-electron chi connectivity index (χ3n) is 3.78. The summed E-state index contributed by atoms with van der Waals surface area (Å²) in [7, 11) is 0. The third-order valence-corrected chi connectivity index (χ3v) is 4.22. The maximum absolute atomic E-state index is 12.6. The van der Waals surface area contributed by atoms with Crippen molar-refractivity contribution in [1.82, 2.24) is 9.72 Å². The molecule has 0 saturated carbocycles. The van der Waals surface area contributed by atoms with Gasteiger partial charge in [0.25, 0.3) is 0 Å². The minimum atomic E-state index is -0.143. The van der Waals surface area contributed by atoms with Crippen LogP contribution in [0.2, 0.25) is 10.0 Å². The Labute approximate surface area is 155 Å². The molecule has 0 spiro atoms. The van der Waals surface area contributed by atoms with E-state index in [9.17, 15) is 4.79 Å². The highest BCUT2D eigenvalue weighted by Gasteiger charge is 2.19. The van der Waals surface area contributed by atoms with Crippen LogP contribution in [0, 0.1) is 20.8 Å². The first kappa shape index (κ1) is 17.6. The molecule has 2 aromatic heterocycles. The Kier molecular flexibility index (Phi) is 4.88. The molecule has 0 fully saturated rings. The van der Waals surface area contributed by atoms with Crippen molar-refractivity contribution >= 4 is 29.0 Å². The Balaban J connectivity index is 1.81. The molecule has 3 rings (SSSR count). The van der Waals surface area contributed by atoms with Crippen LogP contribution in [-0.4, -0.2) is 22.1 Å². The van der Waals surface area contributed by atoms with E-state index in [2.05, 4.69) is 5.16 Å². The number of hydrogen-bond donors (Lipinski definition) is 0. The second-order valence-electron chi connectivity index (χ2n) is 5.73. The first-order chi connectivity index (χ1) is 11.8. The zero-order valence-corrected chi connectivity index (χ0v) is 15.5. The van der Waals surface area contributed by atoms with Gasteiger partial charge in [0.15, 0.2) is 12.4 Å². The van der Waals surface area contributed by atoms with Gasteiger partial charge in [0.1, 0.15) is 11.5 Å². The van der Waals surface area contributed by atoms with Crippen molar-refractivity contribution in [2.75, 3.05) is 6.61 Å². The molecule has 130 valence electrons. The lowest BCUT2D eigenvalue weighted by Gasteiger charge is -2.07. The predicted octanol–water partition coefficient (Wildman–Crippen LogP) is 4.96. The number of rotatable bonds is 5. The molecule has 0 bridgehead atoms. The number of Topliss-reactive ketones (excluding diaryl/α,β-unsaturated/α-hetero) is 1. The van der Waals surface area contributed by atoms with Gasteiger partial charge < -0.3 is 9.26 Å². The van der Waals surface area contributed by atoms with Gasteiger partial charge >= 0.3 is 0 Å². The van der Waals surface area contributed by atoms with Gasteiger partial charge in [-0.2, -0.15) is 0 Å². The molecule has 0 atom stereocenters. The first-order valence-electron chi connectivity index (χ1n) is 7.60. The number of carbonyl (C=O) groups excluding carboxylic acids is 1. The average molecular weight is 379 g/mol. The number of aryl methyl sites for hydroxylation is 2. The Morgan fingerprint density at radius 2 is 1.80 bits per heavy atom. The van der Waals surface area contributed by atoms with E-state index in [1.807, 2.05) is 37.5 Å². The van der Waals surface area contributed by atoms with E-state index >= 15 is 0 Å². The summed E-state index contributed by atoms with van der Waals surface area (Å²) >= 11 is 11.9. The minimum absolute atomic E-state index is 0.112. The Morgan fingerprint density at radius 3 is 2.40 bits per heavy atom. The number of ketones is 1. The van der Waals surface area contributed by atoms with Crippen molar-refractivity contribution in [3.8, 4) is 11.6 Å². The molecule has 0 aliphatic heterocycles. The number of nitrogens with zero attached hydrogens (tertiary/aromatic N) is 2. The maximum Gasteiger partial charge on any atom is 0.202 e. The van der Waals surface area contributed by atoms with Crippen LogP contribution in [0.1, 0.15) is 27.5 Å². The topological polar surface area (TPSA) is 57.3 Å². The number of hydrogen-bond acceptors (Lipinski definition) is 4. The van der Waals surface area contributed by atoms with Crippen molar-refractivity contribution in [2.45, 2.75) is 20.8 Å². The molecule has 5 nitrogen and oxygen atoms in total. The normalized spacial score (nSPS) is 10.9. The molecule has 7 heteroatoms. The van der Waals surface area contributed by atoms with Crippen LogP contribution < -0.4 is 4.74 Å². The van der Waals surface area contributed by atoms with Gasteiger partial charge in [0.05, 0.1) is 0 Å². The molecule has 0 aliphatic carbocycles. The molecule has 1 aromatic carbocycles. The maximum atomic E-state index is 12.6. The second kappa shape index (κ2) is 6.94. The van der Waals surface area contributed by atoms with Crippen LogP contribution in [0.15, 0.2) is 34.9 Å². The Hall–Kier alpha value is -2.24. The number of carbonyl (C=O) groups is 1. The fraction of sp³-hybridized carbons (Fsp3) is 0.222. The summed E-state index contributed by atoms with van der Waals surface area (Å²) in [6, 6.07) is 8.46. The van der Waals surface area contributed by atoms with Gasteiger partial charge in [-0.1, -0.05) is 28.4 Å². The zero-order chi connectivity index (χ0) is 18.1. The number of aromatic nitrogens is 2. The summed E-state index contributed by atoms with van der Waals surface area (Å²) in [5.74, 6) is 1.66. The molecule has 0 saturated heterocycles. The molecule has 0 radical (unpaired) electrons.